The summed E-state index contributed by atoms with van der Waals surface area (Å²) in [5, 5.41) is 1.31. The molecular weight excluding hydrogens is 338 g/mol. The summed E-state index contributed by atoms with van der Waals surface area (Å²) in [6.45, 7) is 0. The maximum absolute atomic E-state index is 4.65. The lowest BCUT2D eigenvalue weighted by atomic mass is 9.90. The van der Waals surface area contributed by atoms with Crippen LogP contribution in [0.25, 0.3) is 10.4 Å². The summed E-state index contributed by atoms with van der Waals surface area (Å²) in [5.41, 5.74) is 1.19. The van der Waals surface area contributed by atoms with E-state index in [0.717, 1.165) is 9.37 Å². The average Bonchev–Trinajstić information content (AvgIpc) is 2.89. The third kappa shape index (κ3) is 3.06. The first kappa shape index (κ1) is 13.7. The molecule has 0 amide bonds. The van der Waals surface area contributed by atoms with Gasteiger partial charge in [0.25, 0.3) is 0 Å². The molecule has 0 bridgehead atoms. The first-order valence-corrected chi connectivity index (χ1v) is 8.74. The van der Waals surface area contributed by atoms with Crippen molar-refractivity contribution in [1.82, 2.24) is 4.98 Å². The predicted octanol–water partition coefficient (Wildman–Crippen LogP) is 5.91. The van der Waals surface area contributed by atoms with E-state index < -0.39 is 0 Å². The third-order valence-electron chi connectivity index (χ3n) is 3.70. The Balaban J connectivity index is 1.87. The van der Waals surface area contributed by atoms with Crippen molar-refractivity contribution in [3.05, 3.63) is 33.9 Å². The number of aromatic nitrogens is 1. The molecule has 1 fully saturated rings. The molecule has 0 N–H and O–H groups in total. The molecule has 0 spiro atoms. The molecular formula is C15H16BrNS2. The van der Waals surface area contributed by atoms with E-state index >= 15 is 0 Å². The topological polar surface area (TPSA) is 12.9 Å². The van der Waals surface area contributed by atoms with Crippen LogP contribution in [0.2, 0.25) is 0 Å². The maximum Gasteiger partial charge on any atom is 0.0962 e. The minimum Gasteiger partial charge on any atom is -0.249 e. The summed E-state index contributed by atoms with van der Waals surface area (Å²) < 4.78 is 1.07. The summed E-state index contributed by atoms with van der Waals surface area (Å²) in [4.78, 5) is 6.89. The predicted molar refractivity (Wildman–Crippen MR) is 88.3 cm³/mol. The van der Waals surface area contributed by atoms with Crippen molar-refractivity contribution in [3.8, 4) is 10.4 Å². The molecule has 1 aliphatic rings. The van der Waals surface area contributed by atoms with Gasteiger partial charge >= 0.3 is 0 Å². The molecule has 0 aliphatic heterocycles. The highest BCUT2D eigenvalue weighted by Gasteiger charge is 2.19. The third-order valence-corrected chi connectivity index (χ3v) is 5.76. The van der Waals surface area contributed by atoms with Crippen molar-refractivity contribution >= 4 is 39.9 Å². The standard InChI is InChI=1S/C15H16BrNS2/c16-11-6-7-12(13(18)8-11)14-9-17-15(19-14)10-4-2-1-3-5-10/h6-10,18H,1-5H2. The Hall–Kier alpha value is -0.320. The lowest BCUT2D eigenvalue weighted by molar-refractivity contribution is 0.442. The zero-order valence-electron chi connectivity index (χ0n) is 10.6. The van der Waals surface area contributed by atoms with Gasteiger partial charge in [-0.3, -0.25) is 0 Å². The summed E-state index contributed by atoms with van der Waals surface area (Å²) in [6.07, 6.45) is 8.73. The van der Waals surface area contributed by atoms with Gasteiger partial charge in [-0.25, -0.2) is 4.98 Å². The van der Waals surface area contributed by atoms with Crippen LogP contribution in [0.4, 0.5) is 0 Å². The smallest absolute Gasteiger partial charge is 0.0962 e. The van der Waals surface area contributed by atoms with Crippen LogP contribution < -0.4 is 0 Å². The van der Waals surface area contributed by atoms with Crippen LogP contribution in [0.5, 0.6) is 0 Å². The van der Waals surface area contributed by atoms with Crippen LogP contribution >= 0.6 is 39.9 Å². The van der Waals surface area contributed by atoms with Crippen molar-refractivity contribution in [2.45, 2.75) is 42.9 Å². The van der Waals surface area contributed by atoms with E-state index in [1.54, 1.807) is 0 Å². The molecule has 3 rings (SSSR count). The zero-order chi connectivity index (χ0) is 13.2. The lowest BCUT2D eigenvalue weighted by Crippen LogP contribution is -2.03. The van der Waals surface area contributed by atoms with Crippen molar-refractivity contribution in [2.24, 2.45) is 0 Å². The highest BCUT2D eigenvalue weighted by atomic mass is 79.9. The summed E-state index contributed by atoms with van der Waals surface area (Å²) >= 11 is 9.88. The molecule has 4 heteroatoms. The quantitative estimate of drug-likeness (QED) is 0.662. The molecule has 1 aliphatic carbocycles. The Kier molecular flexibility index (Phi) is 4.30. The SMILES string of the molecule is Sc1cc(Br)ccc1-c1cnc(C2CCCCC2)s1. The molecule has 1 aromatic heterocycles. The van der Waals surface area contributed by atoms with Gasteiger partial charge in [0.1, 0.15) is 0 Å². The number of hydrogen-bond donors (Lipinski definition) is 1. The first-order chi connectivity index (χ1) is 9.24. The number of rotatable bonds is 2. The van der Waals surface area contributed by atoms with Crippen LogP contribution in [0, 0.1) is 0 Å². The second kappa shape index (κ2) is 5.98. The highest BCUT2D eigenvalue weighted by molar-refractivity contribution is 9.10. The van der Waals surface area contributed by atoms with Crippen LogP contribution in [0.1, 0.15) is 43.0 Å². The molecule has 2 aromatic rings. The molecule has 0 radical (unpaired) electrons. The Labute approximate surface area is 132 Å². The van der Waals surface area contributed by atoms with Gasteiger partial charge in [-0.1, -0.05) is 41.3 Å². The maximum atomic E-state index is 4.65. The summed E-state index contributed by atoms with van der Waals surface area (Å²) in [5.74, 6) is 0.686. The largest absolute Gasteiger partial charge is 0.249 e. The first-order valence-electron chi connectivity index (χ1n) is 6.68. The summed E-state index contributed by atoms with van der Waals surface area (Å²) in [7, 11) is 0. The Bertz CT molecular complexity index is 573. The van der Waals surface area contributed by atoms with E-state index in [0.29, 0.717) is 5.92 Å². The van der Waals surface area contributed by atoms with Crippen LogP contribution in [-0.4, -0.2) is 4.98 Å². The molecule has 100 valence electrons. The van der Waals surface area contributed by atoms with Gasteiger partial charge in [-0.15, -0.1) is 24.0 Å². The van der Waals surface area contributed by atoms with Gasteiger partial charge in [0.2, 0.25) is 0 Å². The van der Waals surface area contributed by atoms with E-state index in [9.17, 15) is 0 Å². The van der Waals surface area contributed by atoms with Crippen molar-refractivity contribution in [3.63, 3.8) is 0 Å². The molecule has 19 heavy (non-hydrogen) atoms. The number of benzene rings is 1. The number of thiazole rings is 1. The second-order valence-electron chi connectivity index (χ2n) is 5.06. The zero-order valence-corrected chi connectivity index (χ0v) is 13.9. The van der Waals surface area contributed by atoms with E-state index in [-0.39, 0.29) is 0 Å². The van der Waals surface area contributed by atoms with E-state index in [1.807, 2.05) is 23.6 Å². The minimum atomic E-state index is 0.686. The molecule has 1 heterocycles. The number of nitrogens with zero attached hydrogens (tertiary/aromatic N) is 1. The average molecular weight is 354 g/mol. The molecule has 0 saturated heterocycles. The second-order valence-corrected chi connectivity index (χ2v) is 7.52. The lowest BCUT2D eigenvalue weighted by Gasteiger charge is -2.18. The van der Waals surface area contributed by atoms with Gasteiger partial charge in [0.15, 0.2) is 0 Å². The van der Waals surface area contributed by atoms with Crippen molar-refractivity contribution < 1.29 is 0 Å². The van der Waals surface area contributed by atoms with Gasteiger partial charge in [-0.2, -0.15) is 0 Å². The Morgan fingerprint density at radius 3 is 2.74 bits per heavy atom. The van der Waals surface area contributed by atoms with Gasteiger partial charge in [-0.05, 0) is 25.0 Å². The highest BCUT2D eigenvalue weighted by Crippen LogP contribution is 2.39. The molecule has 1 nitrogen and oxygen atoms in total. The number of hydrogen-bond acceptors (Lipinski definition) is 3. The fourth-order valence-corrected chi connectivity index (χ4v) is 4.74. The van der Waals surface area contributed by atoms with Gasteiger partial charge < -0.3 is 0 Å². The number of thiol groups is 1. The molecule has 0 atom stereocenters. The Morgan fingerprint density at radius 1 is 1.21 bits per heavy atom. The molecule has 0 unspecified atom stereocenters. The molecule has 1 aromatic carbocycles. The van der Waals surface area contributed by atoms with E-state index in [4.69, 9.17) is 0 Å². The van der Waals surface area contributed by atoms with Crippen LogP contribution in [-0.2, 0) is 0 Å². The van der Waals surface area contributed by atoms with Crippen molar-refractivity contribution in [1.29, 1.82) is 0 Å². The van der Waals surface area contributed by atoms with Gasteiger partial charge in [0, 0.05) is 27.0 Å². The fourth-order valence-electron chi connectivity index (χ4n) is 2.66. The fraction of sp³-hybridized carbons (Fsp3) is 0.400. The summed E-state index contributed by atoms with van der Waals surface area (Å²) in [6, 6.07) is 6.22. The van der Waals surface area contributed by atoms with Crippen LogP contribution in [0.3, 0.4) is 0 Å². The monoisotopic (exact) mass is 353 g/mol. The normalized spacial score (nSPS) is 16.7. The van der Waals surface area contributed by atoms with E-state index in [2.05, 4.69) is 45.7 Å². The Morgan fingerprint density at radius 2 is 2.00 bits per heavy atom. The van der Waals surface area contributed by atoms with Crippen LogP contribution in [0.15, 0.2) is 33.8 Å². The van der Waals surface area contributed by atoms with E-state index in [1.165, 1.54) is 47.6 Å². The molecule has 1 saturated carbocycles. The van der Waals surface area contributed by atoms with Crippen molar-refractivity contribution in [2.75, 3.05) is 0 Å². The minimum absolute atomic E-state index is 0.686. The van der Waals surface area contributed by atoms with Gasteiger partial charge in [0.05, 0.1) is 9.88 Å². The number of halogens is 1.